The molecule has 0 aromatic heterocycles. The van der Waals surface area contributed by atoms with Crippen molar-refractivity contribution in [2.24, 2.45) is 5.16 Å². The van der Waals surface area contributed by atoms with Gasteiger partial charge in [0.05, 0.1) is 5.56 Å². The maximum atomic E-state index is 13.4. The van der Waals surface area contributed by atoms with Crippen molar-refractivity contribution in [1.82, 2.24) is 0 Å². The highest BCUT2D eigenvalue weighted by Crippen LogP contribution is 2.24. The van der Waals surface area contributed by atoms with E-state index in [1.165, 1.54) is 18.2 Å². The molecular formula is C15H7F7NO. The van der Waals surface area contributed by atoms with Gasteiger partial charge in [0.25, 0.3) is 6.43 Å². The molecular weight excluding hydrogens is 343 g/mol. The largest absolute Gasteiger partial charge is 0.390 e. The van der Waals surface area contributed by atoms with Gasteiger partial charge in [-0.2, -0.15) is 0 Å². The molecule has 2 rings (SSSR count). The smallest absolute Gasteiger partial charge is 0.264 e. The third-order valence-corrected chi connectivity index (χ3v) is 2.94. The summed E-state index contributed by atoms with van der Waals surface area (Å²) in [6, 6.07) is 5.09. The van der Waals surface area contributed by atoms with E-state index in [0.717, 1.165) is 6.07 Å². The van der Waals surface area contributed by atoms with Gasteiger partial charge in [-0.3, -0.25) is 0 Å². The zero-order valence-corrected chi connectivity index (χ0v) is 11.6. The third-order valence-electron chi connectivity index (χ3n) is 2.94. The van der Waals surface area contributed by atoms with Crippen LogP contribution in [-0.4, -0.2) is 6.21 Å². The predicted octanol–water partition coefficient (Wildman–Crippen LogP) is 4.75. The van der Waals surface area contributed by atoms with Crippen LogP contribution in [0.15, 0.2) is 29.4 Å². The van der Waals surface area contributed by atoms with Gasteiger partial charge in [-0.25, -0.2) is 30.7 Å². The van der Waals surface area contributed by atoms with Crippen molar-refractivity contribution in [3.05, 3.63) is 70.0 Å². The van der Waals surface area contributed by atoms with Gasteiger partial charge >= 0.3 is 0 Å². The minimum Gasteiger partial charge on any atom is -0.390 e. The van der Waals surface area contributed by atoms with Gasteiger partial charge in [0.15, 0.2) is 23.3 Å². The van der Waals surface area contributed by atoms with Crippen LogP contribution >= 0.6 is 0 Å². The number of hydrogen-bond donors (Lipinski definition) is 0. The van der Waals surface area contributed by atoms with Gasteiger partial charge in [0.1, 0.15) is 12.8 Å². The minimum absolute atomic E-state index is 0.148. The second kappa shape index (κ2) is 7.33. The highest BCUT2D eigenvalue weighted by atomic mass is 19.3. The van der Waals surface area contributed by atoms with E-state index in [0.29, 0.717) is 0 Å². The molecule has 9 heteroatoms. The predicted molar refractivity (Wildman–Crippen MR) is 69.0 cm³/mol. The molecule has 0 heterocycles. The summed E-state index contributed by atoms with van der Waals surface area (Å²) in [6.07, 6.45) is -0.760. The molecule has 0 amide bonds. The molecule has 0 aliphatic heterocycles. The molecule has 0 unspecified atom stereocenters. The van der Waals surface area contributed by atoms with Crippen molar-refractivity contribution < 1.29 is 35.6 Å². The van der Waals surface area contributed by atoms with Crippen molar-refractivity contribution in [2.45, 2.75) is 13.0 Å². The van der Waals surface area contributed by atoms with E-state index in [4.69, 9.17) is 0 Å². The fourth-order valence-electron chi connectivity index (χ4n) is 1.74. The van der Waals surface area contributed by atoms with Crippen LogP contribution in [0.3, 0.4) is 0 Å². The molecule has 0 N–H and O–H groups in total. The van der Waals surface area contributed by atoms with Crippen LogP contribution in [0.5, 0.6) is 0 Å². The van der Waals surface area contributed by atoms with Crippen molar-refractivity contribution in [3.8, 4) is 0 Å². The standard InChI is InChI=1S/C15H7F7NO/c16-10-9(11(17)13(19)14(20)12(10)18)6-24-23-5-7-3-1-2-4-8(7)15(21)22/h1-4,15H,6H2. The molecule has 24 heavy (non-hydrogen) atoms. The molecule has 0 bridgehead atoms. The van der Waals surface area contributed by atoms with Crippen LogP contribution in [-0.2, 0) is 11.4 Å². The Hall–Kier alpha value is -2.58. The molecule has 127 valence electrons. The number of nitrogens with zero attached hydrogens (tertiary/aromatic N) is 1. The number of alkyl halides is 2. The summed E-state index contributed by atoms with van der Waals surface area (Å²) in [5.74, 6) is -10.7. The summed E-state index contributed by atoms with van der Waals surface area (Å²) in [6.45, 7) is -1.10. The third kappa shape index (κ3) is 3.50. The number of rotatable bonds is 5. The first-order valence-corrected chi connectivity index (χ1v) is 6.30. The zero-order valence-electron chi connectivity index (χ0n) is 11.6. The van der Waals surface area contributed by atoms with E-state index < -0.39 is 53.2 Å². The SMILES string of the molecule is Fc1c(F)c(F)c(CO/N=[C]\c2ccccc2C(F)F)c(F)c1F. The Kier molecular flexibility index (Phi) is 5.42. The summed E-state index contributed by atoms with van der Waals surface area (Å²) in [5.41, 5.74) is -1.80. The molecule has 0 spiro atoms. The number of halogens is 7. The van der Waals surface area contributed by atoms with E-state index in [9.17, 15) is 30.7 Å². The fraction of sp³-hybridized carbons (Fsp3) is 0.133. The van der Waals surface area contributed by atoms with E-state index in [1.54, 1.807) is 0 Å². The monoisotopic (exact) mass is 350 g/mol. The summed E-state index contributed by atoms with van der Waals surface area (Å²) >= 11 is 0. The van der Waals surface area contributed by atoms with Gasteiger partial charge in [-0.1, -0.05) is 29.4 Å². The maximum Gasteiger partial charge on any atom is 0.264 e. The Balaban J connectivity index is 2.16. The highest BCUT2D eigenvalue weighted by Gasteiger charge is 2.25. The Morgan fingerprint density at radius 2 is 1.42 bits per heavy atom. The van der Waals surface area contributed by atoms with E-state index in [1.807, 2.05) is 0 Å². The Bertz CT molecular complexity index is 748. The summed E-state index contributed by atoms with van der Waals surface area (Å²) in [5, 5.41) is 3.09. The summed E-state index contributed by atoms with van der Waals surface area (Å²) < 4.78 is 90.9. The van der Waals surface area contributed by atoms with E-state index >= 15 is 0 Å². The van der Waals surface area contributed by atoms with Gasteiger partial charge in [0, 0.05) is 11.1 Å². The Morgan fingerprint density at radius 3 is 2.00 bits per heavy atom. The van der Waals surface area contributed by atoms with Crippen molar-refractivity contribution in [3.63, 3.8) is 0 Å². The Morgan fingerprint density at radius 1 is 0.875 bits per heavy atom. The topological polar surface area (TPSA) is 21.6 Å². The molecule has 2 aromatic carbocycles. The molecule has 0 saturated heterocycles. The lowest BCUT2D eigenvalue weighted by atomic mass is 10.1. The Labute approximate surface area is 131 Å². The van der Waals surface area contributed by atoms with Gasteiger partial charge < -0.3 is 4.84 Å². The van der Waals surface area contributed by atoms with Crippen LogP contribution in [0.2, 0.25) is 0 Å². The first-order valence-electron chi connectivity index (χ1n) is 6.30. The van der Waals surface area contributed by atoms with Crippen LogP contribution in [0, 0.1) is 29.1 Å². The number of hydrogen-bond acceptors (Lipinski definition) is 2. The average molecular weight is 350 g/mol. The first-order chi connectivity index (χ1) is 11.3. The quantitative estimate of drug-likeness (QED) is 0.251. The molecule has 0 aliphatic rings. The maximum absolute atomic E-state index is 13.4. The van der Waals surface area contributed by atoms with Crippen LogP contribution in [0.1, 0.15) is 23.1 Å². The first kappa shape index (κ1) is 17.8. The van der Waals surface area contributed by atoms with E-state index in [-0.39, 0.29) is 5.56 Å². The summed E-state index contributed by atoms with van der Waals surface area (Å²) in [7, 11) is 0. The second-order valence-corrected chi connectivity index (χ2v) is 4.41. The van der Waals surface area contributed by atoms with Crippen molar-refractivity contribution >= 4 is 6.21 Å². The zero-order chi connectivity index (χ0) is 17.9. The normalized spacial score (nSPS) is 11.5. The second-order valence-electron chi connectivity index (χ2n) is 4.41. The average Bonchev–Trinajstić information content (AvgIpc) is 2.57. The van der Waals surface area contributed by atoms with Crippen LogP contribution in [0.25, 0.3) is 0 Å². The van der Waals surface area contributed by atoms with Crippen LogP contribution in [0.4, 0.5) is 30.7 Å². The molecule has 0 atom stereocenters. The van der Waals surface area contributed by atoms with Gasteiger partial charge in [-0.15, -0.1) is 0 Å². The fourth-order valence-corrected chi connectivity index (χ4v) is 1.74. The van der Waals surface area contributed by atoms with Gasteiger partial charge in [0.2, 0.25) is 5.82 Å². The summed E-state index contributed by atoms with van der Waals surface area (Å²) in [4.78, 5) is 4.40. The minimum atomic E-state index is -2.82. The van der Waals surface area contributed by atoms with Gasteiger partial charge in [-0.05, 0) is 0 Å². The van der Waals surface area contributed by atoms with Crippen molar-refractivity contribution in [2.75, 3.05) is 0 Å². The lowest BCUT2D eigenvalue weighted by molar-refractivity contribution is 0.124. The van der Waals surface area contributed by atoms with Crippen molar-refractivity contribution in [1.29, 1.82) is 0 Å². The molecule has 0 saturated carbocycles. The molecule has 0 aliphatic carbocycles. The molecule has 2 aromatic rings. The molecule has 0 fully saturated rings. The molecule has 1 radical (unpaired) electrons. The lowest BCUT2D eigenvalue weighted by Crippen LogP contribution is -2.07. The lowest BCUT2D eigenvalue weighted by Gasteiger charge is -2.07. The van der Waals surface area contributed by atoms with Crippen LogP contribution < -0.4 is 0 Å². The highest BCUT2D eigenvalue weighted by molar-refractivity contribution is 5.81. The van der Waals surface area contributed by atoms with E-state index in [2.05, 4.69) is 16.2 Å². The number of benzene rings is 2. The molecule has 2 nitrogen and oxygen atoms in total.